The van der Waals surface area contributed by atoms with Crippen molar-refractivity contribution in [1.82, 2.24) is 15.5 Å². The van der Waals surface area contributed by atoms with Gasteiger partial charge in [0.1, 0.15) is 5.82 Å². The number of urea groups is 2. The summed E-state index contributed by atoms with van der Waals surface area (Å²) in [6.45, 7) is 2.52. The van der Waals surface area contributed by atoms with Gasteiger partial charge in [0.2, 0.25) is 0 Å². The Morgan fingerprint density at radius 2 is 1.88 bits per heavy atom. The van der Waals surface area contributed by atoms with E-state index in [1.807, 2.05) is 0 Å². The zero-order chi connectivity index (χ0) is 18.4. The van der Waals surface area contributed by atoms with Gasteiger partial charge >= 0.3 is 12.1 Å². The first-order chi connectivity index (χ1) is 12.6. The van der Waals surface area contributed by atoms with E-state index in [0.717, 1.165) is 19.4 Å². The van der Waals surface area contributed by atoms with Crippen molar-refractivity contribution in [2.45, 2.75) is 37.8 Å². The number of nitrogens with zero attached hydrogens (tertiary/aromatic N) is 1. The summed E-state index contributed by atoms with van der Waals surface area (Å²) in [7, 11) is 0. The Bertz CT molecular complexity index is 611. The summed E-state index contributed by atoms with van der Waals surface area (Å²) < 4.78 is 18.4. The second kappa shape index (κ2) is 8.84. The highest BCUT2D eigenvalue weighted by atomic mass is 19.1. The van der Waals surface area contributed by atoms with Crippen molar-refractivity contribution in [1.29, 1.82) is 0 Å². The number of piperidine rings is 1. The van der Waals surface area contributed by atoms with Crippen molar-refractivity contribution in [2.24, 2.45) is 0 Å². The molecule has 4 amide bonds. The molecule has 3 rings (SSSR count). The Balaban J connectivity index is 1.35. The lowest BCUT2D eigenvalue weighted by atomic mass is 10.1. The Kier molecular flexibility index (Phi) is 6.27. The first-order valence-electron chi connectivity index (χ1n) is 9.07. The van der Waals surface area contributed by atoms with Gasteiger partial charge in [-0.05, 0) is 49.9 Å². The van der Waals surface area contributed by atoms with E-state index < -0.39 is 0 Å². The molecule has 8 heteroatoms. The molecule has 1 unspecified atom stereocenters. The lowest BCUT2D eigenvalue weighted by Gasteiger charge is -2.32. The van der Waals surface area contributed by atoms with Gasteiger partial charge in [-0.1, -0.05) is 0 Å². The van der Waals surface area contributed by atoms with Crippen LogP contribution in [0.4, 0.5) is 19.7 Å². The van der Waals surface area contributed by atoms with Crippen molar-refractivity contribution in [3.63, 3.8) is 0 Å². The standard InChI is InChI=1S/C18H25FN4O3/c19-13-3-5-14(6-4-13)21-17(24)22-15-7-9-23(10-8-15)18(25)20-12-16-2-1-11-26-16/h3-6,15-16H,1-2,7-12H2,(H,20,25)(H2,21,22,24). The fourth-order valence-electron chi connectivity index (χ4n) is 3.23. The van der Waals surface area contributed by atoms with Gasteiger partial charge in [-0.15, -0.1) is 0 Å². The summed E-state index contributed by atoms with van der Waals surface area (Å²) in [6, 6.07) is 5.23. The molecule has 2 aliphatic heterocycles. The predicted octanol–water partition coefficient (Wildman–Crippen LogP) is 2.30. The minimum absolute atomic E-state index is 0.0117. The Morgan fingerprint density at radius 1 is 1.15 bits per heavy atom. The average Bonchev–Trinajstić information content (AvgIpc) is 3.16. The highest BCUT2D eigenvalue weighted by molar-refractivity contribution is 5.89. The molecule has 2 aliphatic rings. The molecule has 26 heavy (non-hydrogen) atoms. The van der Waals surface area contributed by atoms with Crippen LogP contribution in [0.3, 0.4) is 0 Å². The maximum absolute atomic E-state index is 12.9. The lowest BCUT2D eigenvalue weighted by Crippen LogP contribution is -2.50. The first-order valence-corrected chi connectivity index (χ1v) is 9.07. The molecule has 2 saturated heterocycles. The van der Waals surface area contributed by atoms with Gasteiger partial charge in [-0.2, -0.15) is 0 Å². The van der Waals surface area contributed by atoms with E-state index >= 15 is 0 Å². The number of hydrogen-bond acceptors (Lipinski definition) is 3. The molecule has 1 aromatic carbocycles. The van der Waals surface area contributed by atoms with Crippen LogP contribution in [0.2, 0.25) is 0 Å². The second-order valence-corrected chi connectivity index (χ2v) is 6.69. The maximum atomic E-state index is 12.9. The van der Waals surface area contributed by atoms with Gasteiger partial charge in [0.25, 0.3) is 0 Å². The van der Waals surface area contributed by atoms with Crippen LogP contribution in [0.1, 0.15) is 25.7 Å². The average molecular weight is 364 g/mol. The van der Waals surface area contributed by atoms with Crippen LogP contribution >= 0.6 is 0 Å². The van der Waals surface area contributed by atoms with Gasteiger partial charge in [-0.25, -0.2) is 14.0 Å². The summed E-state index contributed by atoms with van der Waals surface area (Å²) in [5, 5.41) is 8.49. The Morgan fingerprint density at radius 3 is 2.54 bits per heavy atom. The van der Waals surface area contributed by atoms with Gasteiger partial charge in [0, 0.05) is 38.0 Å². The molecule has 1 aromatic rings. The minimum atomic E-state index is -0.346. The maximum Gasteiger partial charge on any atom is 0.319 e. The molecular formula is C18H25FN4O3. The number of benzene rings is 1. The predicted molar refractivity (Wildman–Crippen MR) is 95.5 cm³/mol. The number of amides is 4. The molecule has 0 radical (unpaired) electrons. The summed E-state index contributed by atoms with van der Waals surface area (Å²) in [5.41, 5.74) is 0.537. The molecule has 2 heterocycles. The zero-order valence-electron chi connectivity index (χ0n) is 14.7. The number of likely N-dealkylation sites (tertiary alicyclic amines) is 1. The zero-order valence-corrected chi connectivity index (χ0v) is 14.7. The van der Waals surface area contributed by atoms with Crippen LogP contribution in [-0.4, -0.2) is 55.3 Å². The van der Waals surface area contributed by atoms with E-state index in [0.29, 0.717) is 38.2 Å². The number of carbonyl (C=O) groups is 2. The molecule has 142 valence electrons. The van der Waals surface area contributed by atoms with Crippen LogP contribution in [-0.2, 0) is 4.74 Å². The lowest BCUT2D eigenvalue weighted by molar-refractivity contribution is 0.107. The molecule has 0 saturated carbocycles. The number of halogens is 1. The summed E-state index contributed by atoms with van der Waals surface area (Å²) in [6.07, 6.45) is 3.58. The van der Waals surface area contributed by atoms with Crippen LogP contribution in [0.5, 0.6) is 0 Å². The SMILES string of the molecule is O=C(Nc1ccc(F)cc1)NC1CCN(C(=O)NCC2CCCO2)CC1. The number of ether oxygens (including phenoxy) is 1. The molecule has 0 aliphatic carbocycles. The quantitative estimate of drug-likeness (QED) is 0.767. The van der Waals surface area contributed by atoms with E-state index in [1.54, 1.807) is 4.90 Å². The first kappa shape index (κ1) is 18.4. The third kappa shape index (κ3) is 5.32. The molecular weight excluding hydrogens is 339 g/mol. The highest BCUT2D eigenvalue weighted by Gasteiger charge is 2.25. The van der Waals surface area contributed by atoms with Crippen molar-refractivity contribution in [3.05, 3.63) is 30.1 Å². The monoisotopic (exact) mass is 364 g/mol. The molecule has 0 aromatic heterocycles. The van der Waals surface area contributed by atoms with Gasteiger partial charge in [0.05, 0.1) is 6.10 Å². The third-order valence-electron chi connectivity index (χ3n) is 4.72. The third-order valence-corrected chi connectivity index (χ3v) is 4.72. The van der Waals surface area contributed by atoms with E-state index in [4.69, 9.17) is 4.74 Å². The van der Waals surface area contributed by atoms with Crippen LogP contribution in [0.25, 0.3) is 0 Å². The molecule has 3 N–H and O–H groups in total. The topological polar surface area (TPSA) is 82.7 Å². The number of hydrogen-bond donors (Lipinski definition) is 3. The van der Waals surface area contributed by atoms with Crippen molar-refractivity contribution >= 4 is 17.7 Å². The summed E-state index contributed by atoms with van der Waals surface area (Å²) >= 11 is 0. The molecule has 1 atom stereocenters. The van der Waals surface area contributed by atoms with Crippen LogP contribution < -0.4 is 16.0 Å². The fourth-order valence-corrected chi connectivity index (χ4v) is 3.23. The molecule has 0 bridgehead atoms. The van der Waals surface area contributed by atoms with E-state index in [-0.39, 0.29) is 30.0 Å². The second-order valence-electron chi connectivity index (χ2n) is 6.69. The smallest absolute Gasteiger partial charge is 0.319 e. The molecule has 2 fully saturated rings. The number of nitrogens with one attached hydrogen (secondary N) is 3. The normalized spacial score (nSPS) is 20.7. The van der Waals surface area contributed by atoms with Crippen molar-refractivity contribution in [3.8, 4) is 0 Å². The highest BCUT2D eigenvalue weighted by Crippen LogP contribution is 2.13. The Labute approximate surface area is 152 Å². The van der Waals surface area contributed by atoms with E-state index in [9.17, 15) is 14.0 Å². The summed E-state index contributed by atoms with van der Waals surface area (Å²) in [5.74, 6) is -0.346. The largest absolute Gasteiger partial charge is 0.376 e. The Hall–Kier alpha value is -2.35. The van der Waals surface area contributed by atoms with Gasteiger partial charge in [0.15, 0.2) is 0 Å². The van der Waals surface area contributed by atoms with Crippen LogP contribution in [0.15, 0.2) is 24.3 Å². The molecule has 0 spiro atoms. The molecule has 7 nitrogen and oxygen atoms in total. The summed E-state index contributed by atoms with van der Waals surface area (Å²) in [4.78, 5) is 26.0. The number of anilines is 1. The minimum Gasteiger partial charge on any atom is -0.376 e. The fraction of sp³-hybridized carbons (Fsp3) is 0.556. The number of rotatable bonds is 4. The van der Waals surface area contributed by atoms with Gasteiger partial charge < -0.3 is 25.6 Å². The number of carbonyl (C=O) groups excluding carboxylic acids is 2. The van der Waals surface area contributed by atoms with Crippen molar-refractivity contribution in [2.75, 3.05) is 31.6 Å². The van der Waals surface area contributed by atoms with Crippen molar-refractivity contribution < 1.29 is 18.7 Å². The van der Waals surface area contributed by atoms with Crippen LogP contribution in [0, 0.1) is 5.82 Å². The van der Waals surface area contributed by atoms with E-state index in [2.05, 4.69) is 16.0 Å². The van der Waals surface area contributed by atoms with Gasteiger partial charge in [-0.3, -0.25) is 0 Å². The van der Waals surface area contributed by atoms with E-state index in [1.165, 1.54) is 24.3 Å².